The summed E-state index contributed by atoms with van der Waals surface area (Å²) in [6.07, 6.45) is 4.54. The molecule has 22 heteroatoms. The summed E-state index contributed by atoms with van der Waals surface area (Å²) in [4.78, 5) is 60.3. The zero-order chi connectivity index (χ0) is 38.1. The largest absolute Gasteiger partial charge is 0.480 e. The van der Waals surface area contributed by atoms with Gasteiger partial charge in [0.1, 0.15) is 36.3 Å². The van der Waals surface area contributed by atoms with Gasteiger partial charge in [-0.1, -0.05) is 6.42 Å². The molecular formula is C25H58N10O12. The first-order chi connectivity index (χ1) is 21.7. The minimum Gasteiger partial charge on any atom is -0.480 e. The predicted molar refractivity (Wildman–Crippen MR) is 171 cm³/mol. The molecule has 0 aliphatic carbocycles. The summed E-state index contributed by atoms with van der Waals surface area (Å²) in [6.45, 7) is 1.43. The third kappa shape index (κ3) is 42.4. The molecule has 0 aromatic heterocycles. The summed E-state index contributed by atoms with van der Waals surface area (Å²) in [5.74, 6) is -6.09. The molecular weight excluding hydrogens is 632 g/mol. The van der Waals surface area contributed by atoms with Crippen LogP contribution in [-0.4, -0.2) is 129 Å². The molecule has 47 heavy (non-hydrogen) atoms. The predicted octanol–water partition coefficient (Wildman–Crippen LogP) is -5.25. The number of carbonyl (C=O) groups is 6. The number of aliphatic carboxylic acids is 6. The Kier molecular flexibility index (Phi) is 39.7. The van der Waals surface area contributed by atoms with Gasteiger partial charge in [-0.3, -0.25) is 28.8 Å². The molecule has 22 nitrogen and oxygen atoms in total. The molecule has 0 radical (unpaired) electrons. The Morgan fingerprint density at radius 2 is 0.596 bits per heavy atom. The Hall–Kier alpha value is -3.58. The third-order valence-corrected chi connectivity index (χ3v) is 5.35. The van der Waals surface area contributed by atoms with E-state index in [2.05, 4.69) is 0 Å². The van der Waals surface area contributed by atoms with Crippen molar-refractivity contribution >= 4 is 35.8 Å². The molecule has 0 aromatic rings. The number of carboxylic acid groups (broad SMARTS) is 6. The highest BCUT2D eigenvalue weighted by Crippen LogP contribution is 2.02. The Morgan fingerprint density at radius 1 is 0.340 bits per heavy atom. The van der Waals surface area contributed by atoms with E-state index >= 15 is 0 Å². The standard InChI is InChI=1S/C7H14N2O4.C6H14N2O2.C5H12N2O2.C4H10N2O2.C3H8N2O2/c8-4(6(10)11)2-1-3-5(9)7(12)13;7-4-2-1-3-5(8)6(9)10;6-3-1-2-4(7)5(8)9;5-2-1-3(6)4(7)8;4-1-2(5)3(6)7/h4-5H,1-3,8-9H2,(H,10,11)(H,12,13);5H,1-4,7-8H2,(H,9,10);4H,1-3,6-7H2,(H,8,9);3H,1-2,5-6H2,(H,7,8);2H,1,4-5H2,(H,6,7). The van der Waals surface area contributed by atoms with Gasteiger partial charge in [-0.2, -0.15) is 0 Å². The third-order valence-electron chi connectivity index (χ3n) is 5.35. The maximum Gasteiger partial charge on any atom is 0.321 e. The van der Waals surface area contributed by atoms with Gasteiger partial charge in [-0.05, 0) is 71.0 Å². The minimum absolute atomic E-state index is 0.00463. The van der Waals surface area contributed by atoms with E-state index in [1.165, 1.54) is 0 Å². The molecule has 0 rings (SSSR count). The number of hydrogen-bond donors (Lipinski definition) is 16. The van der Waals surface area contributed by atoms with E-state index in [1.54, 1.807) is 0 Å². The molecule has 0 bridgehead atoms. The molecule has 0 fully saturated rings. The van der Waals surface area contributed by atoms with Crippen LogP contribution in [0.5, 0.6) is 0 Å². The van der Waals surface area contributed by atoms with Gasteiger partial charge in [0.05, 0.1) is 0 Å². The molecule has 0 saturated heterocycles. The molecule has 0 saturated carbocycles. The number of nitrogens with two attached hydrogens (primary N) is 10. The summed E-state index contributed by atoms with van der Waals surface area (Å²) in [7, 11) is 0. The highest BCUT2D eigenvalue weighted by atomic mass is 16.4. The Balaban J connectivity index is -0.000000159. The van der Waals surface area contributed by atoms with E-state index in [4.69, 9.17) is 88.0 Å². The van der Waals surface area contributed by atoms with Gasteiger partial charge in [0.15, 0.2) is 0 Å². The van der Waals surface area contributed by atoms with Gasteiger partial charge in [0.2, 0.25) is 0 Å². The molecule has 6 atom stereocenters. The average molecular weight is 691 g/mol. The minimum atomic E-state index is -1.08. The Bertz CT molecular complexity index is 838. The van der Waals surface area contributed by atoms with Crippen molar-refractivity contribution in [3.05, 3.63) is 0 Å². The lowest BCUT2D eigenvalue weighted by Crippen LogP contribution is -2.37. The quantitative estimate of drug-likeness (QED) is 0.0530. The summed E-state index contributed by atoms with van der Waals surface area (Å²) in [6, 6.07) is -5.01. The second-order valence-corrected chi connectivity index (χ2v) is 9.63. The smallest absolute Gasteiger partial charge is 0.321 e. The SMILES string of the molecule is NC(CCCC(N)C(=O)O)C(=O)O.NCC(N)C(=O)O.NCCC(N)C(=O)O.NCCCC(N)C(=O)O.NCCCCC(N)C(=O)O. The van der Waals surface area contributed by atoms with Gasteiger partial charge >= 0.3 is 35.8 Å². The van der Waals surface area contributed by atoms with Crippen LogP contribution in [0.25, 0.3) is 0 Å². The van der Waals surface area contributed by atoms with Gasteiger partial charge < -0.3 is 88.0 Å². The number of rotatable bonds is 20. The van der Waals surface area contributed by atoms with E-state index in [0.717, 1.165) is 12.8 Å². The lowest BCUT2D eigenvalue weighted by molar-refractivity contribution is -0.140. The summed E-state index contributed by atoms with van der Waals surface area (Å²) in [5.41, 5.74) is 50.9. The molecule has 0 heterocycles. The molecule has 0 aliphatic rings. The molecule has 0 amide bonds. The molecule has 0 aromatic carbocycles. The normalized spacial score (nSPS) is 13.7. The van der Waals surface area contributed by atoms with Crippen LogP contribution in [0, 0.1) is 0 Å². The van der Waals surface area contributed by atoms with Crippen LogP contribution in [0.2, 0.25) is 0 Å². The van der Waals surface area contributed by atoms with Gasteiger partial charge in [0.25, 0.3) is 0 Å². The number of hydrogen-bond acceptors (Lipinski definition) is 16. The van der Waals surface area contributed by atoms with Crippen molar-refractivity contribution in [1.82, 2.24) is 0 Å². The van der Waals surface area contributed by atoms with Crippen molar-refractivity contribution in [2.75, 3.05) is 26.2 Å². The fourth-order valence-electron chi connectivity index (χ4n) is 2.30. The summed E-state index contributed by atoms with van der Waals surface area (Å²) in [5, 5.41) is 49.4. The van der Waals surface area contributed by atoms with Crippen molar-refractivity contribution in [2.24, 2.45) is 57.3 Å². The zero-order valence-electron chi connectivity index (χ0n) is 26.6. The van der Waals surface area contributed by atoms with Crippen LogP contribution >= 0.6 is 0 Å². The number of unbranched alkanes of at least 4 members (excludes halogenated alkanes) is 1. The van der Waals surface area contributed by atoms with Crippen LogP contribution in [0.4, 0.5) is 0 Å². The van der Waals surface area contributed by atoms with Crippen molar-refractivity contribution in [2.45, 2.75) is 94.0 Å². The van der Waals surface area contributed by atoms with Crippen molar-refractivity contribution in [3.8, 4) is 0 Å². The van der Waals surface area contributed by atoms with Crippen molar-refractivity contribution < 1.29 is 59.4 Å². The molecule has 0 aliphatic heterocycles. The molecule has 6 unspecified atom stereocenters. The van der Waals surface area contributed by atoms with Crippen LogP contribution in [-0.2, 0) is 28.8 Å². The maximum atomic E-state index is 10.2. The Labute approximate surface area is 273 Å². The van der Waals surface area contributed by atoms with E-state index in [1.807, 2.05) is 0 Å². The van der Waals surface area contributed by atoms with Gasteiger partial charge in [-0.25, -0.2) is 0 Å². The van der Waals surface area contributed by atoms with Crippen molar-refractivity contribution in [1.29, 1.82) is 0 Å². The van der Waals surface area contributed by atoms with E-state index in [0.29, 0.717) is 51.7 Å². The maximum absolute atomic E-state index is 10.2. The first-order valence-corrected chi connectivity index (χ1v) is 14.4. The lowest BCUT2D eigenvalue weighted by Gasteiger charge is -2.07. The Morgan fingerprint density at radius 3 is 0.787 bits per heavy atom. The van der Waals surface area contributed by atoms with E-state index < -0.39 is 72.1 Å². The number of carboxylic acids is 6. The molecule has 26 N–H and O–H groups in total. The molecule has 280 valence electrons. The second-order valence-electron chi connectivity index (χ2n) is 9.63. The second kappa shape index (κ2) is 35.3. The lowest BCUT2D eigenvalue weighted by atomic mass is 10.1. The summed E-state index contributed by atoms with van der Waals surface area (Å²) >= 11 is 0. The molecule has 0 spiro atoms. The monoisotopic (exact) mass is 690 g/mol. The highest BCUT2D eigenvalue weighted by Gasteiger charge is 2.15. The first kappa shape index (κ1) is 52.9. The fourth-order valence-corrected chi connectivity index (χ4v) is 2.30. The average Bonchev–Trinajstić information content (AvgIpc) is 3.00. The van der Waals surface area contributed by atoms with Crippen LogP contribution in [0.3, 0.4) is 0 Å². The van der Waals surface area contributed by atoms with Crippen LogP contribution < -0.4 is 57.3 Å². The first-order valence-electron chi connectivity index (χ1n) is 14.4. The van der Waals surface area contributed by atoms with Crippen molar-refractivity contribution in [3.63, 3.8) is 0 Å². The van der Waals surface area contributed by atoms with Gasteiger partial charge in [-0.15, -0.1) is 0 Å². The topological polar surface area (TPSA) is 484 Å². The van der Waals surface area contributed by atoms with E-state index in [9.17, 15) is 28.8 Å². The zero-order valence-corrected chi connectivity index (χ0v) is 26.6. The van der Waals surface area contributed by atoms with Gasteiger partial charge in [0, 0.05) is 6.54 Å². The highest BCUT2D eigenvalue weighted by molar-refractivity contribution is 5.74. The fraction of sp³-hybridized carbons (Fsp3) is 0.760. The van der Waals surface area contributed by atoms with Crippen LogP contribution in [0.1, 0.15) is 57.8 Å². The van der Waals surface area contributed by atoms with Crippen LogP contribution in [0.15, 0.2) is 0 Å². The van der Waals surface area contributed by atoms with E-state index in [-0.39, 0.29) is 19.4 Å². The summed E-state index contributed by atoms with van der Waals surface area (Å²) < 4.78 is 0.